The van der Waals surface area contributed by atoms with E-state index in [1.807, 2.05) is 0 Å². The maximum Gasteiger partial charge on any atom is 0.269 e. The van der Waals surface area contributed by atoms with Crippen molar-refractivity contribution < 1.29 is 27.7 Å². The summed E-state index contributed by atoms with van der Waals surface area (Å²) >= 11 is 0. The van der Waals surface area contributed by atoms with Crippen molar-refractivity contribution >= 4 is 38.9 Å². The number of carbonyl (C=O) groups excluding carboxylic acids is 2. The van der Waals surface area contributed by atoms with Gasteiger partial charge < -0.3 is 15.4 Å². The lowest BCUT2D eigenvalue weighted by atomic mass is 10.1. The number of amides is 2. The highest BCUT2D eigenvalue weighted by Crippen LogP contribution is 2.26. The van der Waals surface area contributed by atoms with Crippen molar-refractivity contribution in [2.75, 3.05) is 36.4 Å². The van der Waals surface area contributed by atoms with Gasteiger partial charge in [-0.1, -0.05) is 30.3 Å². The summed E-state index contributed by atoms with van der Waals surface area (Å²) in [5.41, 5.74) is 0.215. The summed E-state index contributed by atoms with van der Waals surface area (Å²) in [7, 11) is -2.71. The van der Waals surface area contributed by atoms with Gasteiger partial charge in [0.25, 0.3) is 21.6 Å². The smallest absolute Gasteiger partial charge is 0.269 e. The Hall–Kier alpha value is -4.29. The van der Waals surface area contributed by atoms with Crippen LogP contribution in [0, 0.1) is 10.1 Å². The van der Waals surface area contributed by atoms with Crippen LogP contribution < -0.4 is 14.9 Å². The standard InChI is InChI=1S/C24H24N4O7S/c1-35-16-15-25-24(30)21-9-5-6-10-22(21)26-23(29)17-27(18-11-13-19(14-12-18)28(31)32)36(33,34)20-7-3-2-4-8-20/h2-14H,15-17H2,1H3,(H,25,30)(H,26,29). The maximum atomic E-state index is 13.4. The van der Waals surface area contributed by atoms with E-state index < -0.39 is 33.3 Å². The number of nitro groups is 1. The summed E-state index contributed by atoms with van der Waals surface area (Å²) < 4.78 is 32.6. The van der Waals surface area contributed by atoms with Gasteiger partial charge in [-0.2, -0.15) is 0 Å². The number of benzene rings is 3. The Labute approximate surface area is 207 Å². The average molecular weight is 513 g/mol. The first-order chi connectivity index (χ1) is 17.2. The first-order valence-electron chi connectivity index (χ1n) is 10.7. The zero-order valence-electron chi connectivity index (χ0n) is 19.3. The predicted octanol–water partition coefficient (Wildman–Crippen LogP) is 2.81. The largest absolute Gasteiger partial charge is 0.383 e. The third-order valence-electron chi connectivity index (χ3n) is 5.00. The molecule has 0 aliphatic carbocycles. The molecule has 0 saturated carbocycles. The number of ether oxygens (including phenoxy) is 1. The summed E-state index contributed by atoms with van der Waals surface area (Å²) in [6.45, 7) is -0.0721. The van der Waals surface area contributed by atoms with Crippen LogP contribution in [0.3, 0.4) is 0 Å². The van der Waals surface area contributed by atoms with Gasteiger partial charge in [-0.05, 0) is 36.4 Å². The number of hydrogen-bond acceptors (Lipinski definition) is 7. The SMILES string of the molecule is COCCNC(=O)c1ccccc1NC(=O)CN(c1ccc([N+](=O)[O-])cc1)S(=O)(=O)c1ccccc1. The molecule has 0 saturated heterocycles. The highest BCUT2D eigenvalue weighted by Gasteiger charge is 2.28. The van der Waals surface area contributed by atoms with Crippen molar-refractivity contribution in [3.05, 3.63) is 94.5 Å². The van der Waals surface area contributed by atoms with Gasteiger partial charge in [-0.15, -0.1) is 0 Å². The van der Waals surface area contributed by atoms with Crippen LogP contribution in [0.25, 0.3) is 0 Å². The molecular formula is C24H24N4O7S. The second-order valence-electron chi connectivity index (χ2n) is 7.44. The number of methoxy groups -OCH3 is 1. The van der Waals surface area contributed by atoms with Crippen LogP contribution in [-0.2, 0) is 19.6 Å². The summed E-state index contributed by atoms with van der Waals surface area (Å²) in [5, 5.41) is 16.3. The number of nitrogens with one attached hydrogen (secondary N) is 2. The monoisotopic (exact) mass is 512 g/mol. The molecule has 3 aromatic rings. The van der Waals surface area contributed by atoms with Gasteiger partial charge in [-0.25, -0.2) is 8.42 Å². The molecule has 0 aliphatic rings. The molecule has 3 rings (SSSR count). The lowest BCUT2D eigenvalue weighted by Gasteiger charge is -2.24. The number of rotatable bonds is 11. The molecule has 11 nitrogen and oxygen atoms in total. The maximum absolute atomic E-state index is 13.4. The van der Waals surface area contributed by atoms with Crippen LogP contribution in [0.2, 0.25) is 0 Å². The molecule has 36 heavy (non-hydrogen) atoms. The molecular weight excluding hydrogens is 488 g/mol. The van der Waals surface area contributed by atoms with Gasteiger partial charge in [-0.3, -0.25) is 24.0 Å². The van der Waals surface area contributed by atoms with Crippen LogP contribution in [0.1, 0.15) is 10.4 Å². The van der Waals surface area contributed by atoms with Crippen LogP contribution in [0.4, 0.5) is 17.1 Å². The molecule has 0 radical (unpaired) electrons. The summed E-state index contributed by atoms with van der Waals surface area (Å²) in [6, 6.07) is 18.6. The number of anilines is 2. The normalized spacial score (nSPS) is 10.9. The van der Waals surface area contributed by atoms with Crippen molar-refractivity contribution in [3.63, 3.8) is 0 Å². The zero-order valence-corrected chi connectivity index (χ0v) is 20.1. The Morgan fingerprint density at radius 2 is 1.61 bits per heavy atom. The topological polar surface area (TPSA) is 148 Å². The second-order valence-corrected chi connectivity index (χ2v) is 9.30. The third kappa shape index (κ3) is 6.43. The molecule has 2 amide bonds. The average Bonchev–Trinajstić information content (AvgIpc) is 2.88. The van der Waals surface area contributed by atoms with Crippen LogP contribution in [-0.4, -0.2) is 52.0 Å². The van der Waals surface area contributed by atoms with Crippen LogP contribution in [0.5, 0.6) is 0 Å². The first-order valence-corrected chi connectivity index (χ1v) is 12.2. The molecule has 0 aliphatic heterocycles. The Bertz CT molecular complexity index is 1330. The lowest BCUT2D eigenvalue weighted by Crippen LogP contribution is -2.38. The molecule has 0 unspecified atom stereocenters. The number of para-hydroxylation sites is 1. The van der Waals surface area contributed by atoms with E-state index in [9.17, 15) is 28.1 Å². The highest BCUT2D eigenvalue weighted by atomic mass is 32.2. The number of non-ortho nitro benzene ring substituents is 1. The van der Waals surface area contributed by atoms with Crippen molar-refractivity contribution in [2.45, 2.75) is 4.90 Å². The summed E-state index contributed by atoms with van der Waals surface area (Å²) in [6.07, 6.45) is 0. The zero-order chi connectivity index (χ0) is 26.1. The van der Waals surface area contributed by atoms with Gasteiger partial charge in [0.1, 0.15) is 6.54 Å². The summed E-state index contributed by atoms with van der Waals surface area (Å²) in [5.74, 6) is -1.16. The van der Waals surface area contributed by atoms with E-state index in [0.717, 1.165) is 16.4 Å². The Morgan fingerprint density at radius 1 is 0.972 bits per heavy atom. The highest BCUT2D eigenvalue weighted by molar-refractivity contribution is 7.92. The molecule has 0 fully saturated rings. The quantitative estimate of drug-likeness (QED) is 0.228. The van der Waals surface area contributed by atoms with Crippen LogP contribution in [0.15, 0.2) is 83.8 Å². The van der Waals surface area contributed by atoms with Gasteiger partial charge in [0, 0.05) is 25.8 Å². The van der Waals surface area contributed by atoms with Gasteiger partial charge in [0.15, 0.2) is 0 Å². The Morgan fingerprint density at radius 3 is 2.25 bits per heavy atom. The molecule has 3 aromatic carbocycles. The Balaban J connectivity index is 1.89. The fourth-order valence-electron chi connectivity index (χ4n) is 3.25. The van der Waals surface area contributed by atoms with E-state index in [0.29, 0.717) is 6.61 Å². The molecule has 0 heterocycles. The van der Waals surface area contributed by atoms with Gasteiger partial charge >= 0.3 is 0 Å². The minimum absolute atomic E-state index is 0.0604. The van der Waals surface area contributed by atoms with Crippen molar-refractivity contribution in [1.29, 1.82) is 0 Å². The van der Waals surface area contributed by atoms with Crippen molar-refractivity contribution in [3.8, 4) is 0 Å². The molecule has 0 aromatic heterocycles. The number of nitro benzene ring substituents is 1. The van der Waals surface area contributed by atoms with Gasteiger partial charge in [0.05, 0.1) is 33.4 Å². The van der Waals surface area contributed by atoms with E-state index in [1.165, 1.54) is 43.5 Å². The van der Waals surface area contributed by atoms with Crippen molar-refractivity contribution in [1.82, 2.24) is 5.32 Å². The van der Waals surface area contributed by atoms with E-state index in [-0.39, 0.29) is 34.1 Å². The molecule has 12 heteroatoms. The number of hydrogen-bond donors (Lipinski definition) is 2. The number of sulfonamides is 1. The van der Waals surface area contributed by atoms with E-state index in [4.69, 9.17) is 4.74 Å². The van der Waals surface area contributed by atoms with Crippen molar-refractivity contribution in [2.24, 2.45) is 0 Å². The molecule has 0 bridgehead atoms. The minimum Gasteiger partial charge on any atom is -0.383 e. The molecule has 188 valence electrons. The second kappa shape index (κ2) is 11.9. The number of carbonyl (C=O) groups is 2. The molecule has 0 spiro atoms. The first kappa shape index (κ1) is 26.3. The molecule has 2 N–H and O–H groups in total. The third-order valence-corrected chi connectivity index (χ3v) is 6.79. The van der Waals surface area contributed by atoms with E-state index in [2.05, 4.69) is 10.6 Å². The molecule has 0 atom stereocenters. The van der Waals surface area contributed by atoms with E-state index in [1.54, 1.807) is 30.3 Å². The predicted molar refractivity (Wildman–Crippen MR) is 133 cm³/mol. The fraction of sp³-hybridized carbons (Fsp3) is 0.167. The van der Waals surface area contributed by atoms with Crippen LogP contribution >= 0.6 is 0 Å². The van der Waals surface area contributed by atoms with E-state index >= 15 is 0 Å². The summed E-state index contributed by atoms with van der Waals surface area (Å²) in [4.78, 5) is 35.9. The fourth-order valence-corrected chi connectivity index (χ4v) is 4.69. The lowest BCUT2D eigenvalue weighted by molar-refractivity contribution is -0.384. The number of nitrogens with zero attached hydrogens (tertiary/aromatic N) is 2. The minimum atomic E-state index is -4.21. The Kier molecular flexibility index (Phi) is 8.71. The van der Waals surface area contributed by atoms with Gasteiger partial charge in [0.2, 0.25) is 5.91 Å².